The molecule has 1 aromatic heterocycles. The van der Waals surface area contributed by atoms with E-state index in [1.807, 2.05) is 37.4 Å². The van der Waals surface area contributed by atoms with E-state index in [-0.39, 0.29) is 11.6 Å². The van der Waals surface area contributed by atoms with E-state index in [0.29, 0.717) is 27.4 Å². The summed E-state index contributed by atoms with van der Waals surface area (Å²) in [6.45, 7) is 1.83. The van der Waals surface area contributed by atoms with Gasteiger partial charge in [0, 0.05) is 29.7 Å². The third-order valence-electron chi connectivity index (χ3n) is 4.69. The van der Waals surface area contributed by atoms with Crippen molar-refractivity contribution in [1.82, 2.24) is 14.5 Å². The Bertz CT molecular complexity index is 1080. The zero-order valence-electron chi connectivity index (χ0n) is 16.1. The Morgan fingerprint density at radius 2 is 1.93 bits per heavy atom. The summed E-state index contributed by atoms with van der Waals surface area (Å²) >= 11 is 7.63. The van der Waals surface area contributed by atoms with E-state index in [0.717, 1.165) is 4.90 Å². The van der Waals surface area contributed by atoms with Crippen LogP contribution in [0.1, 0.15) is 18.8 Å². The second-order valence-electron chi connectivity index (χ2n) is 6.44. The van der Waals surface area contributed by atoms with Gasteiger partial charge in [-0.25, -0.2) is 9.78 Å². The number of fused-ring (bicyclic) bond motifs is 1. The van der Waals surface area contributed by atoms with E-state index >= 15 is 0 Å². The average Bonchev–Trinajstić information content (AvgIpc) is 2.70. The second-order valence-corrected chi connectivity index (χ2v) is 7.76. The predicted molar refractivity (Wildman–Crippen MR) is 115 cm³/mol. The van der Waals surface area contributed by atoms with Crippen LogP contribution in [0.3, 0.4) is 0 Å². The maximum atomic E-state index is 12.7. The number of aromatic nitrogens is 2. The number of urea groups is 1. The zero-order chi connectivity index (χ0) is 20.4. The third-order valence-corrected chi connectivity index (χ3v) is 5.67. The van der Waals surface area contributed by atoms with Gasteiger partial charge in [0.2, 0.25) is 0 Å². The van der Waals surface area contributed by atoms with Crippen molar-refractivity contribution in [1.29, 1.82) is 0 Å². The van der Waals surface area contributed by atoms with Crippen molar-refractivity contribution in [3.05, 3.63) is 63.7 Å². The van der Waals surface area contributed by atoms with Gasteiger partial charge in [0.25, 0.3) is 5.56 Å². The molecule has 1 N–H and O–H groups in total. The molecule has 0 spiro atoms. The smallest absolute Gasteiger partial charge is 0.318 e. The van der Waals surface area contributed by atoms with E-state index in [2.05, 4.69) is 10.3 Å². The molecule has 1 unspecified atom stereocenters. The number of nitrogens with zero attached hydrogens (tertiary/aromatic N) is 3. The number of carbonyl (C=O) groups is 1. The summed E-state index contributed by atoms with van der Waals surface area (Å²) in [4.78, 5) is 32.6. The molecule has 0 fully saturated rings. The molecule has 0 saturated heterocycles. The molecular formula is C20H21ClN4O2S. The molecule has 3 rings (SSSR count). The predicted octanol–water partition coefficient (Wildman–Crippen LogP) is 4.53. The van der Waals surface area contributed by atoms with Crippen LogP contribution in [0.25, 0.3) is 10.9 Å². The van der Waals surface area contributed by atoms with Crippen LogP contribution in [0, 0.1) is 0 Å². The van der Waals surface area contributed by atoms with Crippen molar-refractivity contribution in [3.8, 4) is 0 Å². The Morgan fingerprint density at radius 1 is 1.25 bits per heavy atom. The van der Waals surface area contributed by atoms with Crippen LogP contribution < -0.4 is 10.9 Å². The van der Waals surface area contributed by atoms with Gasteiger partial charge in [0.15, 0.2) is 0 Å². The Balaban J connectivity index is 1.86. The molecule has 28 heavy (non-hydrogen) atoms. The number of thioether (sulfide) groups is 1. The standard InChI is InChI=1S/C20H21ClN4O2S/c1-12(24(2)20(27)22-14-6-8-15(28-4)9-7-14)18-23-17-10-5-13(21)11-16(17)19(26)25(18)3/h5-12H,1-4H3,(H,22,27). The lowest BCUT2D eigenvalue weighted by Gasteiger charge is -2.26. The lowest BCUT2D eigenvalue weighted by Crippen LogP contribution is -2.37. The van der Waals surface area contributed by atoms with Gasteiger partial charge in [-0.1, -0.05) is 11.6 Å². The fraction of sp³-hybridized carbons (Fsp3) is 0.250. The maximum Gasteiger partial charge on any atom is 0.322 e. The highest BCUT2D eigenvalue weighted by molar-refractivity contribution is 7.98. The molecule has 3 aromatic rings. The number of amides is 2. The van der Waals surface area contributed by atoms with E-state index in [4.69, 9.17) is 11.6 Å². The van der Waals surface area contributed by atoms with Crippen molar-refractivity contribution in [3.63, 3.8) is 0 Å². The number of halogens is 1. The molecule has 0 bridgehead atoms. The number of hydrogen-bond acceptors (Lipinski definition) is 4. The Hall–Kier alpha value is -2.51. The molecule has 0 saturated carbocycles. The van der Waals surface area contributed by atoms with Crippen LogP contribution in [0.2, 0.25) is 5.02 Å². The number of nitrogens with one attached hydrogen (secondary N) is 1. The van der Waals surface area contributed by atoms with Gasteiger partial charge in [-0.3, -0.25) is 9.36 Å². The highest BCUT2D eigenvalue weighted by Crippen LogP contribution is 2.22. The lowest BCUT2D eigenvalue weighted by atomic mass is 10.2. The first-order valence-corrected chi connectivity index (χ1v) is 10.3. The SMILES string of the molecule is CSc1ccc(NC(=O)N(C)C(C)c2nc3ccc(Cl)cc3c(=O)n2C)cc1. The summed E-state index contributed by atoms with van der Waals surface area (Å²) in [7, 11) is 3.32. The zero-order valence-corrected chi connectivity index (χ0v) is 17.6. The molecule has 2 amide bonds. The molecule has 0 aliphatic rings. The number of hydrogen-bond donors (Lipinski definition) is 1. The largest absolute Gasteiger partial charge is 0.322 e. The van der Waals surface area contributed by atoms with Gasteiger partial charge >= 0.3 is 6.03 Å². The Morgan fingerprint density at radius 3 is 2.57 bits per heavy atom. The van der Waals surface area contributed by atoms with Gasteiger partial charge in [0.05, 0.1) is 16.9 Å². The normalized spacial score (nSPS) is 12.0. The highest BCUT2D eigenvalue weighted by Gasteiger charge is 2.22. The second kappa shape index (κ2) is 8.24. The van der Waals surface area contributed by atoms with E-state index in [9.17, 15) is 9.59 Å². The van der Waals surface area contributed by atoms with Crippen molar-refractivity contribution in [2.75, 3.05) is 18.6 Å². The Labute approximate surface area is 172 Å². The quantitative estimate of drug-likeness (QED) is 0.634. The monoisotopic (exact) mass is 416 g/mol. The molecule has 0 aliphatic carbocycles. The average molecular weight is 417 g/mol. The van der Waals surface area contributed by atoms with Crippen LogP contribution >= 0.6 is 23.4 Å². The summed E-state index contributed by atoms with van der Waals surface area (Å²) in [6, 6.07) is 11.9. The summed E-state index contributed by atoms with van der Waals surface area (Å²) in [6.07, 6.45) is 2.00. The molecule has 0 radical (unpaired) electrons. The van der Waals surface area contributed by atoms with Gasteiger partial charge in [-0.15, -0.1) is 11.8 Å². The number of carbonyl (C=O) groups excluding carboxylic acids is 1. The number of rotatable bonds is 4. The van der Waals surface area contributed by atoms with Crippen LogP contribution in [0.15, 0.2) is 52.2 Å². The van der Waals surface area contributed by atoms with Gasteiger partial charge in [-0.05, 0) is 55.6 Å². The van der Waals surface area contributed by atoms with Crippen LogP contribution in [0.5, 0.6) is 0 Å². The summed E-state index contributed by atoms with van der Waals surface area (Å²) < 4.78 is 1.46. The minimum Gasteiger partial charge on any atom is -0.318 e. The first kappa shape index (κ1) is 20.2. The third kappa shape index (κ3) is 4.00. The molecule has 0 aliphatic heterocycles. The molecule has 146 valence electrons. The fourth-order valence-electron chi connectivity index (χ4n) is 2.87. The fourth-order valence-corrected chi connectivity index (χ4v) is 3.45. The van der Waals surface area contributed by atoms with Gasteiger partial charge in [-0.2, -0.15) is 0 Å². The van der Waals surface area contributed by atoms with Gasteiger partial charge < -0.3 is 10.2 Å². The highest BCUT2D eigenvalue weighted by atomic mass is 35.5. The van der Waals surface area contributed by atoms with Crippen molar-refractivity contribution < 1.29 is 4.79 Å². The van der Waals surface area contributed by atoms with Crippen molar-refractivity contribution in [2.24, 2.45) is 7.05 Å². The van der Waals surface area contributed by atoms with Crippen molar-refractivity contribution >= 4 is 46.0 Å². The number of benzene rings is 2. The minimum atomic E-state index is -0.414. The minimum absolute atomic E-state index is 0.198. The molecule has 6 nitrogen and oxygen atoms in total. The first-order chi connectivity index (χ1) is 13.3. The lowest BCUT2D eigenvalue weighted by molar-refractivity contribution is 0.205. The maximum absolute atomic E-state index is 12.7. The summed E-state index contributed by atoms with van der Waals surface area (Å²) in [5.74, 6) is 0.496. The van der Waals surface area contributed by atoms with E-state index in [1.165, 1.54) is 9.47 Å². The van der Waals surface area contributed by atoms with Crippen LogP contribution in [-0.4, -0.2) is 33.8 Å². The topological polar surface area (TPSA) is 67.2 Å². The molecule has 2 aromatic carbocycles. The summed E-state index contributed by atoms with van der Waals surface area (Å²) in [5.41, 5.74) is 1.06. The van der Waals surface area contributed by atoms with E-state index < -0.39 is 6.04 Å². The van der Waals surface area contributed by atoms with Crippen LogP contribution in [-0.2, 0) is 7.05 Å². The van der Waals surface area contributed by atoms with E-state index in [1.54, 1.807) is 44.1 Å². The summed E-state index contributed by atoms with van der Waals surface area (Å²) in [5, 5.41) is 3.80. The van der Waals surface area contributed by atoms with Crippen molar-refractivity contribution in [2.45, 2.75) is 17.9 Å². The van der Waals surface area contributed by atoms with Crippen LogP contribution in [0.4, 0.5) is 10.5 Å². The first-order valence-electron chi connectivity index (χ1n) is 8.66. The van der Waals surface area contributed by atoms with Gasteiger partial charge in [0.1, 0.15) is 5.82 Å². The Kier molecular flexibility index (Phi) is 5.96. The molecule has 1 heterocycles. The number of anilines is 1. The molecular weight excluding hydrogens is 396 g/mol. The molecule has 1 atom stereocenters. The molecule has 8 heteroatoms.